The molecule has 1 rings (SSSR count). The van der Waals surface area contributed by atoms with E-state index < -0.39 is 6.04 Å². The van der Waals surface area contributed by atoms with E-state index in [-0.39, 0.29) is 11.9 Å². The lowest BCUT2D eigenvalue weighted by molar-refractivity contribution is -0.148. The molecule has 1 aromatic rings. The highest BCUT2D eigenvalue weighted by Crippen LogP contribution is 2.16. The van der Waals surface area contributed by atoms with E-state index in [1.807, 2.05) is 30.3 Å². The molecule has 0 aliphatic rings. The number of benzene rings is 1. The Morgan fingerprint density at radius 2 is 0.837 bits per heavy atom. The molecule has 1 atom stereocenters. The summed E-state index contributed by atoms with van der Waals surface area (Å²) in [4.78, 5) is 25.8. The molecular weight excluding hydrogens is 602 g/mol. The average Bonchev–Trinajstić information content (AvgIpc) is 3.11. The van der Waals surface area contributed by atoms with Gasteiger partial charge in [0.1, 0.15) is 6.04 Å². The van der Waals surface area contributed by atoms with Crippen molar-refractivity contribution in [1.82, 2.24) is 5.32 Å². The van der Waals surface area contributed by atoms with Gasteiger partial charge in [-0.2, -0.15) is 0 Å². The second kappa shape index (κ2) is 36.0. The van der Waals surface area contributed by atoms with Gasteiger partial charge in [0.2, 0.25) is 5.91 Å². The molecule has 0 unspecified atom stereocenters. The molecule has 4 heteroatoms. The van der Waals surface area contributed by atoms with E-state index in [2.05, 4.69) is 19.2 Å². The van der Waals surface area contributed by atoms with E-state index in [1.54, 1.807) is 0 Å². The number of esters is 1. The lowest BCUT2D eigenvalue weighted by Crippen LogP contribution is -2.43. The van der Waals surface area contributed by atoms with Crippen molar-refractivity contribution < 1.29 is 14.3 Å². The highest BCUT2D eigenvalue weighted by Gasteiger charge is 2.22. The molecule has 0 spiro atoms. The third-order valence-electron chi connectivity index (χ3n) is 10.2. The Balaban J connectivity index is 2.09. The summed E-state index contributed by atoms with van der Waals surface area (Å²) >= 11 is 0. The topological polar surface area (TPSA) is 55.4 Å². The number of hydrogen-bond donors (Lipinski definition) is 1. The first kappa shape index (κ1) is 45.2. The van der Waals surface area contributed by atoms with Gasteiger partial charge in [0, 0.05) is 12.8 Å². The van der Waals surface area contributed by atoms with Crippen molar-refractivity contribution in [2.45, 2.75) is 232 Å². The molecule has 0 aliphatic carbocycles. The highest BCUT2D eigenvalue weighted by molar-refractivity contribution is 5.84. The van der Waals surface area contributed by atoms with Crippen molar-refractivity contribution in [2.24, 2.45) is 0 Å². The van der Waals surface area contributed by atoms with Crippen LogP contribution in [-0.2, 0) is 20.7 Å². The maximum Gasteiger partial charge on any atom is 0.328 e. The first-order chi connectivity index (χ1) is 24.2. The molecule has 0 radical (unpaired) electrons. The van der Waals surface area contributed by atoms with Crippen LogP contribution in [0.15, 0.2) is 30.3 Å². The first-order valence-corrected chi connectivity index (χ1v) is 21.7. The Morgan fingerprint density at radius 1 is 0.490 bits per heavy atom. The van der Waals surface area contributed by atoms with Crippen LogP contribution in [0.1, 0.15) is 225 Å². The SMILES string of the molecule is CCCCCCCCCCCCCCCCCCOC(=O)[C@H](Cc1ccccc1)NC(=O)CCCCCCCCCCCCCCCCC. The molecule has 49 heavy (non-hydrogen) atoms. The van der Waals surface area contributed by atoms with E-state index in [9.17, 15) is 9.59 Å². The van der Waals surface area contributed by atoms with Gasteiger partial charge >= 0.3 is 5.97 Å². The predicted molar refractivity (Wildman–Crippen MR) is 212 cm³/mol. The van der Waals surface area contributed by atoms with Gasteiger partial charge in [-0.15, -0.1) is 0 Å². The van der Waals surface area contributed by atoms with Crippen molar-refractivity contribution >= 4 is 11.9 Å². The molecule has 0 saturated carbocycles. The molecule has 284 valence electrons. The number of amides is 1. The summed E-state index contributed by atoms with van der Waals surface area (Å²) in [5.74, 6) is -0.329. The van der Waals surface area contributed by atoms with Crippen LogP contribution in [0.2, 0.25) is 0 Å². The Hall–Kier alpha value is -1.84. The van der Waals surface area contributed by atoms with Crippen LogP contribution in [-0.4, -0.2) is 24.5 Å². The number of nitrogens with one attached hydrogen (secondary N) is 1. The van der Waals surface area contributed by atoms with E-state index >= 15 is 0 Å². The van der Waals surface area contributed by atoms with Crippen molar-refractivity contribution in [3.05, 3.63) is 35.9 Å². The first-order valence-electron chi connectivity index (χ1n) is 21.7. The van der Waals surface area contributed by atoms with Gasteiger partial charge in [-0.05, 0) is 18.4 Å². The van der Waals surface area contributed by atoms with Crippen LogP contribution in [0.3, 0.4) is 0 Å². The largest absolute Gasteiger partial charge is 0.464 e. The van der Waals surface area contributed by atoms with Crippen molar-refractivity contribution in [2.75, 3.05) is 6.61 Å². The smallest absolute Gasteiger partial charge is 0.328 e. The molecule has 1 aromatic carbocycles. The lowest BCUT2D eigenvalue weighted by atomic mass is 10.0. The average molecular weight is 684 g/mol. The van der Waals surface area contributed by atoms with Crippen LogP contribution in [0.5, 0.6) is 0 Å². The lowest BCUT2D eigenvalue weighted by Gasteiger charge is -2.18. The number of ether oxygens (including phenoxy) is 1. The highest BCUT2D eigenvalue weighted by atomic mass is 16.5. The molecule has 1 N–H and O–H groups in total. The standard InChI is InChI=1S/C45H81NO3/c1-3-5-7-9-11-13-15-17-19-21-23-25-27-29-31-36-40-49-45(48)43(41-42-37-33-32-34-38-42)46-44(47)39-35-30-28-26-24-22-20-18-16-14-12-10-8-6-4-2/h32-34,37-38,43H,3-31,35-36,39-41H2,1-2H3,(H,46,47)/t43-/m0/s1. The molecule has 0 aliphatic heterocycles. The number of hydrogen-bond acceptors (Lipinski definition) is 3. The van der Waals surface area contributed by atoms with Crippen molar-refractivity contribution in [3.8, 4) is 0 Å². The summed E-state index contributed by atoms with van der Waals surface area (Å²) in [5.41, 5.74) is 1.04. The summed E-state index contributed by atoms with van der Waals surface area (Å²) in [7, 11) is 0. The maximum atomic E-state index is 13.0. The summed E-state index contributed by atoms with van der Waals surface area (Å²) in [6, 6.07) is 9.33. The third kappa shape index (κ3) is 30.7. The fourth-order valence-electron chi connectivity index (χ4n) is 6.89. The van der Waals surface area contributed by atoms with Crippen LogP contribution < -0.4 is 5.32 Å². The molecular formula is C45H81NO3. The fourth-order valence-corrected chi connectivity index (χ4v) is 6.89. The summed E-state index contributed by atoms with van der Waals surface area (Å²) in [6.45, 7) is 5.01. The Bertz CT molecular complexity index is 841. The zero-order chi connectivity index (χ0) is 35.3. The van der Waals surface area contributed by atoms with Gasteiger partial charge in [0.25, 0.3) is 0 Å². The molecule has 1 amide bonds. The summed E-state index contributed by atoms with van der Waals surface area (Å²) in [6.07, 6.45) is 41.8. The Kier molecular flexibility index (Phi) is 33.2. The number of carbonyl (C=O) groups excluding carboxylic acids is 2. The minimum absolute atomic E-state index is 0.0324. The summed E-state index contributed by atoms with van der Waals surface area (Å²) in [5, 5.41) is 3.01. The van der Waals surface area contributed by atoms with Gasteiger partial charge in [0.15, 0.2) is 0 Å². The molecule has 0 fully saturated rings. The molecule has 4 nitrogen and oxygen atoms in total. The van der Waals surface area contributed by atoms with Gasteiger partial charge in [0.05, 0.1) is 6.61 Å². The number of rotatable bonds is 37. The van der Waals surface area contributed by atoms with Gasteiger partial charge < -0.3 is 10.1 Å². The van der Waals surface area contributed by atoms with Crippen LogP contribution >= 0.6 is 0 Å². The normalized spacial score (nSPS) is 11.9. The summed E-state index contributed by atoms with van der Waals surface area (Å²) < 4.78 is 5.67. The quantitative estimate of drug-likeness (QED) is 0.0561. The molecule has 0 aromatic heterocycles. The molecule has 0 heterocycles. The maximum absolute atomic E-state index is 13.0. The Labute approximate surface area is 305 Å². The van der Waals surface area contributed by atoms with E-state index in [4.69, 9.17) is 4.74 Å². The minimum Gasteiger partial charge on any atom is -0.464 e. The zero-order valence-electron chi connectivity index (χ0n) is 32.7. The van der Waals surface area contributed by atoms with Gasteiger partial charge in [-0.25, -0.2) is 4.79 Å². The van der Waals surface area contributed by atoms with Gasteiger partial charge in [-0.1, -0.05) is 230 Å². The second-order valence-electron chi connectivity index (χ2n) is 15.0. The minimum atomic E-state index is -0.618. The fraction of sp³-hybridized carbons (Fsp3) is 0.822. The second-order valence-corrected chi connectivity index (χ2v) is 15.0. The molecule has 0 saturated heterocycles. The predicted octanol–water partition coefficient (Wildman–Crippen LogP) is 13.8. The van der Waals surface area contributed by atoms with Crippen LogP contribution in [0.4, 0.5) is 0 Å². The van der Waals surface area contributed by atoms with Crippen LogP contribution in [0.25, 0.3) is 0 Å². The zero-order valence-corrected chi connectivity index (χ0v) is 32.7. The monoisotopic (exact) mass is 684 g/mol. The Morgan fingerprint density at radius 3 is 1.22 bits per heavy atom. The van der Waals surface area contributed by atoms with Crippen LogP contribution in [0, 0.1) is 0 Å². The number of carbonyl (C=O) groups is 2. The number of unbranched alkanes of at least 4 members (excludes halogenated alkanes) is 29. The molecule has 0 bridgehead atoms. The van der Waals surface area contributed by atoms with E-state index in [1.165, 1.54) is 173 Å². The van der Waals surface area contributed by atoms with Crippen molar-refractivity contribution in [1.29, 1.82) is 0 Å². The van der Waals surface area contributed by atoms with E-state index in [0.717, 1.165) is 31.2 Å². The third-order valence-corrected chi connectivity index (χ3v) is 10.2. The van der Waals surface area contributed by atoms with Crippen molar-refractivity contribution in [3.63, 3.8) is 0 Å². The van der Waals surface area contributed by atoms with E-state index in [0.29, 0.717) is 19.4 Å². The van der Waals surface area contributed by atoms with Gasteiger partial charge in [-0.3, -0.25) is 4.79 Å².